The van der Waals surface area contributed by atoms with Crippen LogP contribution in [0.5, 0.6) is 5.75 Å². The molecular weight excluding hydrogens is 486 g/mol. The van der Waals surface area contributed by atoms with Gasteiger partial charge in [0.2, 0.25) is 5.13 Å². The first-order valence-corrected chi connectivity index (χ1v) is 12.9. The molecule has 2 heterocycles. The van der Waals surface area contributed by atoms with Crippen LogP contribution in [0.2, 0.25) is 5.02 Å². The molecule has 5 rings (SSSR count). The SMILES string of the molecule is CCOc1ccc(/C=C2\C(=O)N(c3nc4ccccc4s3)N=C2CSc2ccc(Cl)cc2)cc1. The molecule has 170 valence electrons. The molecule has 1 amide bonds. The zero-order chi connectivity index (χ0) is 23.5. The normalized spacial score (nSPS) is 14.8. The van der Waals surface area contributed by atoms with E-state index in [1.807, 2.05) is 85.8 Å². The second-order valence-electron chi connectivity index (χ2n) is 7.43. The zero-order valence-corrected chi connectivity index (χ0v) is 20.7. The van der Waals surface area contributed by atoms with E-state index >= 15 is 0 Å². The van der Waals surface area contributed by atoms with Crippen molar-refractivity contribution in [1.82, 2.24) is 4.98 Å². The van der Waals surface area contributed by atoms with Gasteiger partial charge in [0.1, 0.15) is 5.75 Å². The standard InChI is InChI=1S/C26H20ClN3O2S2/c1-2-32-19-11-7-17(8-12-19)15-21-23(16-33-20-13-9-18(27)10-14-20)29-30(25(21)31)26-28-22-5-3-4-6-24(22)34-26/h3-15H,2,16H2,1H3/b21-15-. The molecule has 0 aliphatic carbocycles. The lowest BCUT2D eigenvalue weighted by Crippen LogP contribution is -2.21. The fourth-order valence-corrected chi connectivity index (χ4v) is 5.35. The molecule has 0 spiro atoms. The number of amides is 1. The third-order valence-electron chi connectivity index (χ3n) is 5.11. The van der Waals surface area contributed by atoms with Gasteiger partial charge in [0.25, 0.3) is 5.91 Å². The van der Waals surface area contributed by atoms with Crippen LogP contribution in [0.25, 0.3) is 16.3 Å². The Morgan fingerprint density at radius 1 is 1.06 bits per heavy atom. The van der Waals surface area contributed by atoms with Crippen LogP contribution in [0.1, 0.15) is 12.5 Å². The lowest BCUT2D eigenvalue weighted by atomic mass is 10.1. The summed E-state index contributed by atoms with van der Waals surface area (Å²) in [5.74, 6) is 1.16. The Morgan fingerprint density at radius 2 is 1.82 bits per heavy atom. The summed E-state index contributed by atoms with van der Waals surface area (Å²) in [4.78, 5) is 19.2. The van der Waals surface area contributed by atoms with Gasteiger partial charge in [-0.2, -0.15) is 10.1 Å². The van der Waals surface area contributed by atoms with Gasteiger partial charge in [-0.25, -0.2) is 4.98 Å². The predicted molar refractivity (Wildman–Crippen MR) is 142 cm³/mol. The van der Waals surface area contributed by atoms with E-state index in [1.54, 1.807) is 11.8 Å². The molecule has 1 aliphatic rings. The Labute approximate surface area is 210 Å². The highest BCUT2D eigenvalue weighted by atomic mass is 35.5. The molecule has 0 bridgehead atoms. The van der Waals surface area contributed by atoms with Crippen molar-refractivity contribution in [3.63, 3.8) is 0 Å². The van der Waals surface area contributed by atoms with E-state index in [0.717, 1.165) is 26.4 Å². The highest BCUT2D eigenvalue weighted by Gasteiger charge is 2.33. The van der Waals surface area contributed by atoms with E-state index in [1.165, 1.54) is 16.3 Å². The Kier molecular flexibility index (Phi) is 6.67. The Morgan fingerprint density at radius 3 is 2.56 bits per heavy atom. The summed E-state index contributed by atoms with van der Waals surface area (Å²) < 4.78 is 6.55. The molecule has 0 atom stereocenters. The number of aromatic nitrogens is 1. The van der Waals surface area contributed by atoms with Crippen LogP contribution >= 0.6 is 34.7 Å². The number of para-hydroxylation sites is 1. The minimum Gasteiger partial charge on any atom is -0.494 e. The number of rotatable bonds is 7. The lowest BCUT2D eigenvalue weighted by Gasteiger charge is -2.07. The maximum Gasteiger partial charge on any atom is 0.282 e. The summed E-state index contributed by atoms with van der Waals surface area (Å²) >= 11 is 9.08. The molecule has 8 heteroatoms. The Hall–Kier alpha value is -3.13. The number of thiazole rings is 1. The van der Waals surface area contributed by atoms with Crippen LogP contribution in [0.3, 0.4) is 0 Å². The number of hydrogen-bond donors (Lipinski definition) is 0. The average molecular weight is 506 g/mol. The van der Waals surface area contributed by atoms with Gasteiger partial charge in [-0.1, -0.05) is 47.2 Å². The quantitative estimate of drug-likeness (QED) is 0.202. The summed E-state index contributed by atoms with van der Waals surface area (Å²) in [6.45, 7) is 2.56. The smallest absolute Gasteiger partial charge is 0.282 e. The fraction of sp³-hybridized carbons (Fsp3) is 0.115. The van der Waals surface area contributed by atoms with Crippen molar-refractivity contribution in [1.29, 1.82) is 0 Å². The van der Waals surface area contributed by atoms with E-state index in [4.69, 9.17) is 21.4 Å². The molecule has 5 nitrogen and oxygen atoms in total. The molecule has 4 aromatic rings. The number of fused-ring (bicyclic) bond motifs is 1. The number of nitrogens with zero attached hydrogens (tertiary/aromatic N) is 3. The predicted octanol–water partition coefficient (Wildman–Crippen LogP) is 6.93. The third-order valence-corrected chi connectivity index (χ3v) is 7.40. The van der Waals surface area contributed by atoms with Crippen LogP contribution in [0.15, 0.2) is 88.4 Å². The van der Waals surface area contributed by atoms with Crippen molar-refractivity contribution in [2.75, 3.05) is 17.4 Å². The molecule has 34 heavy (non-hydrogen) atoms. The number of ether oxygens (including phenoxy) is 1. The topological polar surface area (TPSA) is 54.8 Å². The summed E-state index contributed by atoms with van der Waals surface area (Å²) in [5, 5.41) is 7.38. The van der Waals surface area contributed by atoms with Crippen molar-refractivity contribution < 1.29 is 9.53 Å². The minimum absolute atomic E-state index is 0.181. The molecule has 0 saturated heterocycles. The second-order valence-corrected chi connectivity index (χ2v) is 9.92. The van der Waals surface area contributed by atoms with E-state index in [0.29, 0.717) is 33.8 Å². The first-order valence-electron chi connectivity index (χ1n) is 10.7. The molecule has 1 aliphatic heterocycles. The Bertz CT molecular complexity index is 1360. The van der Waals surface area contributed by atoms with Gasteiger partial charge >= 0.3 is 0 Å². The highest BCUT2D eigenvalue weighted by molar-refractivity contribution is 8.00. The van der Waals surface area contributed by atoms with Crippen molar-refractivity contribution in [2.45, 2.75) is 11.8 Å². The van der Waals surface area contributed by atoms with Gasteiger partial charge in [0.05, 0.1) is 28.1 Å². The number of carbonyl (C=O) groups excluding carboxylic acids is 1. The third kappa shape index (κ3) is 4.87. The summed E-state index contributed by atoms with van der Waals surface area (Å²) in [6, 6.07) is 23.2. The van der Waals surface area contributed by atoms with E-state index in [-0.39, 0.29) is 5.91 Å². The van der Waals surface area contributed by atoms with Crippen LogP contribution < -0.4 is 9.75 Å². The van der Waals surface area contributed by atoms with Crippen LogP contribution in [-0.4, -0.2) is 29.0 Å². The first-order chi connectivity index (χ1) is 16.6. The first kappa shape index (κ1) is 22.7. The van der Waals surface area contributed by atoms with Gasteiger partial charge < -0.3 is 4.74 Å². The number of hydrogen-bond acceptors (Lipinski definition) is 6. The lowest BCUT2D eigenvalue weighted by molar-refractivity contribution is -0.114. The van der Waals surface area contributed by atoms with Crippen molar-refractivity contribution >= 4 is 67.7 Å². The fourth-order valence-electron chi connectivity index (χ4n) is 3.47. The average Bonchev–Trinajstić information content (AvgIpc) is 3.41. The summed E-state index contributed by atoms with van der Waals surface area (Å²) in [7, 11) is 0. The molecule has 0 fully saturated rings. The number of halogens is 1. The van der Waals surface area contributed by atoms with Crippen LogP contribution in [0, 0.1) is 0 Å². The maximum atomic E-state index is 13.5. The van der Waals surface area contributed by atoms with Gasteiger partial charge in [-0.15, -0.1) is 11.8 Å². The number of anilines is 1. The Balaban J connectivity index is 1.47. The largest absolute Gasteiger partial charge is 0.494 e. The molecular formula is C26H20ClN3O2S2. The van der Waals surface area contributed by atoms with Gasteiger partial charge in [0.15, 0.2) is 0 Å². The van der Waals surface area contributed by atoms with Crippen molar-refractivity contribution in [3.8, 4) is 5.75 Å². The molecule has 1 aromatic heterocycles. The van der Waals surface area contributed by atoms with Crippen LogP contribution in [-0.2, 0) is 4.79 Å². The van der Waals surface area contributed by atoms with E-state index in [9.17, 15) is 4.79 Å². The van der Waals surface area contributed by atoms with Crippen molar-refractivity contribution in [3.05, 3.63) is 89.0 Å². The molecule has 0 radical (unpaired) electrons. The zero-order valence-electron chi connectivity index (χ0n) is 18.3. The summed E-state index contributed by atoms with van der Waals surface area (Å²) in [5.41, 5.74) is 3.02. The molecule has 0 saturated carbocycles. The summed E-state index contributed by atoms with van der Waals surface area (Å²) in [6.07, 6.45) is 1.88. The number of thioether (sulfide) groups is 1. The monoisotopic (exact) mass is 505 g/mol. The molecule has 0 unspecified atom stereocenters. The van der Waals surface area contributed by atoms with Gasteiger partial charge in [-0.3, -0.25) is 4.79 Å². The van der Waals surface area contributed by atoms with E-state index < -0.39 is 0 Å². The number of benzene rings is 3. The molecule has 3 aromatic carbocycles. The van der Waals surface area contributed by atoms with Gasteiger partial charge in [0, 0.05) is 15.7 Å². The number of hydrazone groups is 1. The second kappa shape index (κ2) is 10.0. The van der Waals surface area contributed by atoms with Crippen molar-refractivity contribution in [2.24, 2.45) is 5.10 Å². The number of carbonyl (C=O) groups is 1. The maximum absolute atomic E-state index is 13.5. The minimum atomic E-state index is -0.181. The van der Waals surface area contributed by atoms with E-state index in [2.05, 4.69) is 4.98 Å². The van der Waals surface area contributed by atoms with Gasteiger partial charge in [-0.05, 0) is 67.1 Å². The van der Waals surface area contributed by atoms with Crippen LogP contribution in [0.4, 0.5) is 5.13 Å². The molecule has 0 N–H and O–H groups in total. The highest BCUT2D eigenvalue weighted by Crippen LogP contribution is 2.34.